The van der Waals surface area contributed by atoms with Gasteiger partial charge in [-0.05, 0) is 32.4 Å². The van der Waals surface area contributed by atoms with Gasteiger partial charge in [0.25, 0.3) is 0 Å². The van der Waals surface area contributed by atoms with E-state index in [4.69, 9.17) is 9.41 Å². The van der Waals surface area contributed by atoms with Gasteiger partial charge in [-0.15, -0.1) is 0 Å². The van der Waals surface area contributed by atoms with Crippen LogP contribution in [-0.2, 0) is 6.42 Å². The van der Waals surface area contributed by atoms with E-state index in [0.29, 0.717) is 4.75 Å². The molecule has 0 atom stereocenters. The molecular weight excluding hydrogens is 282 g/mol. The van der Waals surface area contributed by atoms with Gasteiger partial charge in [0, 0.05) is 43.1 Å². The van der Waals surface area contributed by atoms with E-state index in [1.165, 1.54) is 0 Å². The second-order valence-corrected chi connectivity index (χ2v) is 7.79. The molecule has 1 aliphatic rings. The van der Waals surface area contributed by atoms with Crippen LogP contribution in [0.25, 0.3) is 0 Å². The molecule has 1 aromatic rings. The van der Waals surface area contributed by atoms with Gasteiger partial charge in [-0.3, -0.25) is 4.99 Å². The average Bonchev–Trinajstić information content (AvgIpc) is 2.94. The van der Waals surface area contributed by atoms with Crippen molar-refractivity contribution in [1.82, 2.24) is 10.2 Å². The lowest BCUT2D eigenvalue weighted by Crippen LogP contribution is -2.51. The molecule has 0 radical (unpaired) electrons. The second kappa shape index (κ2) is 7.78. The third-order valence-corrected chi connectivity index (χ3v) is 4.74. The minimum Gasteiger partial charge on any atom is -0.469 e. The third-order valence-electron chi connectivity index (χ3n) is 3.44. The summed E-state index contributed by atoms with van der Waals surface area (Å²) in [4.78, 5) is 7.14. The Morgan fingerprint density at radius 3 is 3.05 bits per heavy atom. The van der Waals surface area contributed by atoms with Gasteiger partial charge in [-0.1, -0.05) is 6.92 Å². The molecule has 2 rings (SSSR count). The predicted molar refractivity (Wildman–Crippen MR) is 91.1 cm³/mol. The number of guanidine groups is 1. The molecule has 21 heavy (non-hydrogen) atoms. The molecule has 0 saturated carbocycles. The van der Waals surface area contributed by atoms with Gasteiger partial charge in [0.15, 0.2) is 5.96 Å². The minimum absolute atomic E-state index is 0.300. The van der Waals surface area contributed by atoms with E-state index in [-0.39, 0.29) is 0 Å². The molecule has 5 heteroatoms. The van der Waals surface area contributed by atoms with Crippen LogP contribution in [0.15, 0.2) is 27.8 Å². The molecule has 0 aromatic carbocycles. The van der Waals surface area contributed by atoms with Crippen LogP contribution >= 0.6 is 11.8 Å². The Morgan fingerprint density at radius 1 is 1.52 bits per heavy atom. The van der Waals surface area contributed by atoms with Crippen LogP contribution in [-0.4, -0.2) is 47.5 Å². The van der Waals surface area contributed by atoms with Crippen LogP contribution in [0.5, 0.6) is 0 Å². The highest BCUT2D eigenvalue weighted by atomic mass is 32.2. The summed E-state index contributed by atoms with van der Waals surface area (Å²) < 4.78 is 5.68. The van der Waals surface area contributed by atoms with E-state index in [9.17, 15) is 0 Å². The Labute approximate surface area is 132 Å². The predicted octanol–water partition coefficient (Wildman–Crippen LogP) is 3.01. The molecule has 1 saturated heterocycles. The molecule has 118 valence electrons. The number of nitrogens with zero attached hydrogens (tertiary/aromatic N) is 2. The molecule has 1 aromatic heterocycles. The molecule has 1 N–H and O–H groups in total. The Morgan fingerprint density at radius 2 is 2.38 bits per heavy atom. The number of furan rings is 1. The maximum atomic E-state index is 5.38. The highest BCUT2D eigenvalue weighted by Crippen LogP contribution is 2.29. The zero-order chi connectivity index (χ0) is 15.1. The molecule has 0 spiro atoms. The monoisotopic (exact) mass is 309 g/mol. The molecule has 2 heterocycles. The summed E-state index contributed by atoms with van der Waals surface area (Å²) in [6.07, 6.45) is 3.70. The summed E-state index contributed by atoms with van der Waals surface area (Å²) in [6.45, 7) is 10.7. The maximum absolute atomic E-state index is 5.38. The number of nitrogens with one attached hydrogen (secondary N) is 1. The fraction of sp³-hybridized carbons (Fsp3) is 0.688. The fourth-order valence-electron chi connectivity index (χ4n) is 2.43. The van der Waals surface area contributed by atoms with Crippen molar-refractivity contribution in [2.75, 3.05) is 31.9 Å². The highest BCUT2D eigenvalue weighted by molar-refractivity contribution is 8.00. The molecule has 0 unspecified atom stereocenters. The topological polar surface area (TPSA) is 40.8 Å². The van der Waals surface area contributed by atoms with Crippen molar-refractivity contribution in [3.8, 4) is 0 Å². The summed E-state index contributed by atoms with van der Waals surface area (Å²) in [5, 5.41) is 3.51. The number of hydrogen-bond donors (Lipinski definition) is 1. The first-order valence-electron chi connectivity index (χ1n) is 7.80. The van der Waals surface area contributed by atoms with Crippen LogP contribution in [0.4, 0.5) is 0 Å². The van der Waals surface area contributed by atoms with Crippen LogP contribution < -0.4 is 5.32 Å². The molecule has 1 fully saturated rings. The van der Waals surface area contributed by atoms with Crippen molar-refractivity contribution in [3.63, 3.8) is 0 Å². The van der Waals surface area contributed by atoms with Crippen molar-refractivity contribution >= 4 is 17.7 Å². The largest absolute Gasteiger partial charge is 0.469 e. The number of rotatable bonds is 5. The molecule has 4 nitrogen and oxygen atoms in total. The number of thioether (sulfide) groups is 1. The van der Waals surface area contributed by atoms with Gasteiger partial charge in [0.2, 0.25) is 0 Å². The first-order valence-corrected chi connectivity index (χ1v) is 8.79. The van der Waals surface area contributed by atoms with Gasteiger partial charge in [0.05, 0.1) is 6.26 Å². The van der Waals surface area contributed by atoms with Crippen LogP contribution in [0.2, 0.25) is 0 Å². The Hall–Kier alpha value is -1.10. The van der Waals surface area contributed by atoms with Crippen LogP contribution in [0, 0.1) is 0 Å². The van der Waals surface area contributed by atoms with E-state index in [1.807, 2.05) is 23.9 Å². The van der Waals surface area contributed by atoms with Crippen molar-refractivity contribution < 1.29 is 4.42 Å². The van der Waals surface area contributed by atoms with Crippen molar-refractivity contribution in [2.24, 2.45) is 4.99 Å². The van der Waals surface area contributed by atoms with Gasteiger partial charge >= 0.3 is 0 Å². The number of aliphatic imine (C=N–C) groups is 1. The first kappa shape index (κ1) is 16.3. The smallest absolute Gasteiger partial charge is 0.194 e. The first-order chi connectivity index (χ1) is 10.1. The third kappa shape index (κ3) is 5.30. The molecule has 0 bridgehead atoms. The van der Waals surface area contributed by atoms with Crippen LogP contribution in [0.3, 0.4) is 0 Å². The van der Waals surface area contributed by atoms with Gasteiger partial charge in [-0.2, -0.15) is 11.8 Å². The number of hydrogen-bond acceptors (Lipinski definition) is 3. The Kier molecular flexibility index (Phi) is 6.03. The summed E-state index contributed by atoms with van der Waals surface area (Å²) in [5.41, 5.74) is 0. The maximum Gasteiger partial charge on any atom is 0.194 e. The summed E-state index contributed by atoms with van der Waals surface area (Å²) in [5.74, 6) is 3.24. The van der Waals surface area contributed by atoms with Gasteiger partial charge in [-0.25, -0.2) is 0 Å². The molecule has 0 aliphatic carbocycles. The Balaban J connectivity index is 1.91. The van der Waals surface area contributed by atoms with Crippen LogP contribution in [0.1, 0.15) is 33.0 Å². The lowest BCUT2D eigenvalue weighted by molar-refractivity contribution is 0.374. The zero-order valence-electron chi connectivity index (χ0n) is 13.4. The summed E-state index contributed by atoms with van der Waals surface area (Å²) in [6, 6.07) is 3.96. The van der Waals surface area contributed by atoms with E-state index >= 15 is 0 Å². The lowest BCUT2D eigenvalue weighted by atomic mass is 10.2. The fourth-order valence-corrected chi connectivity index (χ4v) is 3.55. The van der Waals surface area contributed by atoms with E-state index in [1.54, 1.807) is 6.26 Å². The standard InChI is InChI=1S/C16H27N3OS/c1-4-8-17-15(18-9-7-14-6-5-11-20-14)19-10-12-21-16(2,3)13-19/h5-6,11H,4,7-10,12-13H2,1-3H3,(H,17,18). The van der Waals surface area contributed by atoms with Crippen molar-refractivity contribution in [3.05, 3.63) is 24.2 Å². The summed E-state index contributed by atoms with van der Waals surface area (Å²) in [7, 11) is 0. The lowest BCUT2D eigenvalue weighted by Gasteiger charge is -2.39. The average molecular weight is 309 g/mol. The van der Waals surface area contributed by atoms with Crippen molar-refractivity contribution in [1.29, 1.82) is 0 Å². The second-order valence-electron chi connectivity index (χ2n) is 5.99. The minimum atomic E-state index is 0.300. The van der Waals surface area contributed by atoms with E-state index in [0.717, 1.165) is 56.5 Å². The molecule has 1 aliphatic heterocycles. The zero-order valence-corrected chi connectivity index (χ0v) is 14.2. The van der Waals surface area contributed by atoms with Gasteiger partial charge in [0.1, 0.15) is 5.76 Å². The normalized spacial score (nSPS) is 18.8. The molecule has 0 amide bonds. The van der Waals surface area contributed by atoms with E-state index in [2.05, 4.69) is 31.0 Å². The van der Waals surface area contributed by atoms with Crippen molar-refractivity contribution in [2.45, 2.75) is 38.4 Å². The quantitative estimate of drug-likeness (QED) is 0.670. The molecular formula is C16H27N3OS. The Bertz CT molecular complexity index is 442. The highest BCUT2D eigenvalue weighted by Gasteiger charge is 2.28. The van der Waals surface area contributed by atoms with Gasteiger partial charge < -0.3 is 14.6 Å². The summed E-state index contributed by atoms with van der Waals surface area (Å²) >= 11 is 2.05. The van der Waals surface area contributed by atoms with E-state index < -0.39 is 0 Å². The SMILES string of the molecule is CCCN=C(NCCc1ccco1)N1CCSC(C)(C)C1.